The van der Waals surface area contributed by atoms with E-state index in [-0.39, 0.29) is 0 Å². The number of halogens is 1. The van der Waals surface area contributed by atoms with E-state index in [9.17, 15) is 0 Å². The highest BCUT2D eigenvalue weighted by atomic mass is 35.7. The van der Waals surface area contributed by atoms with E-state index in [4.69, 9.17) is 20.3 Å². The van der Waals surface area contributed by atoms with Gasteiger partial charge in [0.05, 0.1) is 13.2 Å². The molecule has 0 aromatic carbocycles. The van der Waals surface area contributed by atoms with Gasteiger partial charge in [-0.2, -0.15) is 0 Å². The van der Waals surface area contributed by atoms with Crippen molar-refractivity contribution in [1.82, 2.24) is 0 Å². The summed E-state index contributed by atoms with van der Waals surface area (Å²) in [6.07, 6.45) is 18.2. The van der Waals surface area contributed by atoms with Crippen LogP contribution in [0.25, 0.3) is 0 Å². The summed E-state index contributed by atoms with van der Waals surface area (Å²) in [4.78, 5) is 0. The van der Waals surface area contributed by atoms with Crippen molar-refractivity contribution in [2.75, 3.05) is 13.2 Å². The van der Waals surface area contributed by atoms with E-state index in [1.54, 1.807) is 0 Å². The zero-order chi connectivity index (χ0) is 16.3. The topological polar surface area (TPSA) is 18.5 Å². The van der Waals surface area contributed by atoms with Gasteiger partial charge in [-0.15, -0.1) is 0 Å². The number of hydrogen-bond donors (Lipinski definition) is 0. The highest BCUT2D eigenvalue weighted by Crippen LogP contribution is 2.43. The summed E-state index contributed by atoms with van der Waals surface area (Å²) in [5, 5.41) is 0. The first-order chi connectivity index (χ1) is 10.8. The highest BCUT2D eigenvalue weighted by Gasteiger charge is 2.05. The predicted molar refractivity (Wildman–Crippen MR) is 101 cm³/mol. The van der Waals surface area contributed by atoms with Crippen molar-refractivity contribution >= 4 is 19.0 Å². The van der Waals surface area contributed by atoms with Crippen molar-refractivity contribution in [2.45, 2.75) is 104 Å². The van der Waals surface area contributed by atoms with Crippen molar-refractivity contribution in [1.29, 1.82) is 0 Å². The summed E-state index contributed by atoms with van der Waals surface area (Å²) in [5.74, 6) is 0. The molecule has 0 rings (SSSR count). The fourth-order valence-corrected chi connectivity index (χ4v) is 3.46. The van der Waals surface area contributed by atoms with Gasteiger partial charge in [-0.05, 0) is 24.1 Å². The Kier molecular flexibility index (Phi) is 20.3. The first-order valence-corrected chi connectivity index (χ1v) is 11.6. The molecule has 0 aliphatic heterocycles. The maximum absolute atomic E-state index is 6.06. The molecule has 4 heteroatoms. The van der Waals surface area contributed by atoms with E-state index in [1.165, 1.54) is 77.0 Å². The van der Waals surface area contributed by atoms with Crippen molar-refractivity contribution in [3.05, 3.63) is 0 Å². The Hall–Kier alpha value is 0.640. The average molecular weight is 353 g/mol. The van der Waals surface area contributed by atoms with E-state index in [0.717, 1.165) is 26.1 Å². The maximum Gasteiger partial charge on any atom is 0.276 e. The fraction of sp³-hybridized carbons (Fsp3) is 1.00. The second-order valence-corrected chi connectivity index (χ2v) is 7.89. The molecule has 0 aliphatic rings. The van der Waals surface area contributed by atoms with E-state index in [1.807, 2.05) is 0 Å². The van der Waals surface area contributed by atoms with Crippen LogP contribution in [0.1, 0.15) is 104 Å². The Balaban J connectivity index is 3.11. The summed E-state index contributed by atoms with van der Waals surface area (Å²) in [6.45, 7) is 6.01. The minimum absolute atomic E-state index is 0.750. The lowest BCUT2D eigenvalue weighted by molar-refractivity contribution is 0.250. The van der Waals surface area contributed by atoms with Gasteiger partial charge in [-0.3, -0.25) is 0 Å². The molecule has 0 fully saturated rings. The van der Waals surface area contributed by atoms with Crippen LogP contribution in [0.4, 0.5) is 0 Å². The summed E-state index contributed by atoms with van der Waals surface area (Å²) in [7, 11) is -1.17. The van der Waals surface area contributed by atoms with Crippen LogP contribution in [0.3, 0.4) is 0 Å². The number of rotatable bonds is 18. The monoisotopic (exact) mass is 352 g/mol. The van der Waals surface area contributed by atoms with Crippen LogP contribution in [0, 0.1) is 0 Å². The van der Waals surface area contributed by atoms with Gasteiger partial charge in [-0.1, -0.05) is 90.9 Å². The largest absolute Gasteiger partial charge is 0.322 e. The molecule has 0 aromatic heterocycles. The molecule has 134 valence electrons. The van der Waals surface area contributed by atoms with Gasteiger partial charge in [0.25, 0.3) is 7.73 Å². The lowest BCUT2D eigenvalue weighted by Gasteiger charge is -2.10. The van der Waals surface area contributed by atoms with E-state index >= 15 is 0 Å². The quantitative estimate of drug-likeness (QED) is 0.184. The maximum atomic E-state index is 6.06. The molecular weight excluding hydrogens is 315 g/mol. The third-order valence-corrected chi connectivity index (χ3v) is 5.24. The van der Waals surface area contributed by atoms with Crippen molar-refractivity contribution in [2.24, 2.45) is 0 Å². The lowest BCUT2D eigenvalue weighted by atomic mass is 10.1. The molecule has 0 aromatic rings. The first kappa shape index (κ1) is 22.6. The summed E-state index contributed by atoms with van der Waals surface area (Å²) >= 11 is 6.06. The smallest absolute Gasteiger partial charge is 0.276 e. The third-order valence-electron chi connectivity index (χ3n) is 3.88. The molecule has 0 unspecified atom stereocenters. The normalized spacial score (nSPS) is 11.5. The van der Waals surface area contributed by atoms with Crippen LogP contribution in [-0.2, 0) is 9.05 Å². The van der Waals surface area contributed by atoms with Crippen molar-refractivity contribution in [3.8, 4) is 0 Å². The Morgan fingerprint density at radius 3 is 1.23 bits per heavy atom. The Morgan fingerprint density at radius 1 is 0.545 bits per heavy atom. The van der Waals surface area contributed by atoms with Crippen LogP contribution in [0.15, 0.2) is 0 Å². The van der Waals surface area contributed by atoms with Gasteiger partial charge < -0.3 is 9.05 Å². The van der Waals surface area contributed by atoms with Gasteiger partial charge in [-0.25, -0.2) is 0 Å². The second-order valence-electron chi connectivity index (χ2n) is 6.12. The molecule has 0 atom stereocenters. The average Bonchev–Trinajstić information content (AvgIpc) is 2.52. The Labute approximate surface area is 145 Å². The molecule has 0 N–H and O–H groups in total. The Bertz CT molecular complexity index is 186. The van der Waals surface area contributed by atoms with E-state index in [2.05, 4.69) is 13.8 Å². The van der Waals surface area contributed by atoms with Gasteiger partial charge in [0.1, 0.15) is 0 Å². The Morgan fingerprint density at radius 2 is 0.864 bits per heavy atom. The molecular formula is C18H38ClO2P. The standard InChI is InChI=1S/C18H38ClO2P/c1-3-5-7-9-11-13-15-17-20-22(19)21-18-16-14-12-10-8-6-4-2/h3-18H2,1-2H3. The third kappa shape index (κ3) is 18.7. The SMILES string of the molecule is CCCCCCCCCOP(Cl)OCCCCCCCCC. The minimum atomic E-state index is -1.17. The lowest BCUT2D eigenvalue weighted by Crippen LogP contribution is -1.93. The van der Waals surface area contributed by atoms with Crippen LogP contribution < -0.4 is 0 Å². The number of unbranched alkanes of at least 4 members (excludes halogenated alkanes) is 12. The summed E-state index contributed by atoms with van der Waals surface area (Å²) in [5.41, 5.74) is 0. The van der Waals surface area contributed by atoms with Gasteiger partial charge >= 0.3 is 0 Å². The number of hydrogen-bond acceptors (Lipinski definition) is 2. The molecule has 0 bridgehead atoms. The molecule has 22 heavy (non-hydrogen) atoms. The van der Waals surface area contributed by atoms with Gasteiger partial charge in [0.2, 0.25) is 0 Å². The van der Waals surface area contributed by atoms with Crippen LogP contribution >= 0.6 is 19.0 Å². The zero-order valence-electron chi connectivity index (χ0n) is 15.0. The molecule has 0 spiro atoms. The molecule has 0 amide bonds. The molecule has 0 heterocycles. The summed E-state index contributed by atoms with van der Waals surface area (Å²) in [6, 6.07) is 0. The molecule has 0 saturated heterocycles. The van der Waals surface area contributed by atoms with E-state index in [0.29, 0.717) is 0 Å². The first-order valence-electron chi connectivity index (χ1n) is 9.53. The molecule has 2 nitrogen and oxygen atoms in total. The van der Waals surface area contributed by atoms with E-state index < -0.39 is 7.73 Å². The van der Waals surface area contributed by atoms with Gasteiger partial charge in [0.15, 0.2) is 0 Å². The second kappa shape index (κ2) is 19.7. The predicted octanol–water partition coefficient (Wildman–Crippen LogP) is 7.99. The van der Waals surface area contributed by atoms with Crippen LogP contribution in [0.2, 0.25) is 0 Å². The van der Waals surface area contributed by atoms with Crippen molar-refractivity contribution in [3.63, 3.8) is 0 Å². The van der Waals surface area contributed by atoms with Crippen LogP contribution in [-0.4, -0.2) is 13.2 Å². The van der Waals surface area contributed by atoms with Crippen molar-refractivity contribution < 1.29 is 9.05 Å². The molecule has 0 radical (unpaired) electrons. The van der Waals surface area contributed by atoms with Crippen LogP contribution in [0.5, 0.6) is 0 Å². The highest BCUT2D eigenvalue weighted by molar-refractivity contribution is 7.76. The minimum Gasteiger partial charge on any atom is -0.322 e. The molecule has 0 aliphatic carbocycles. The van der Waals surface area contributed by atoms with Gasteiger partial charge in [0, 0.05) is 0 Å². The zero-order valence-corrected chi connectivity index (χ0v) is 16.6. The summed E-state index contributed by atoms with van der Waals surface area (Å²) < 4.78 is 11.1. The fourth-order valence-electron chi connectivity index (χ4n) is 2.43. The molecule has 0 saturated carbocycles.